The van der Waals surface area contributed by atoms with Crippen LogP contribution < -0.4 is 0 Å². The lowest BCUT2D eigenvalue weighted by atomic mass is 10.00. The zero-order valence-corrected chi connectivity index (χ0v) is 16.4. The molecule has 0 radical (unpaired) electrons. The van der Waals surface area contributed by atoms with Crippen LogP contribution >= 0.6 is 0 Å². The zero-order chi connectivity index (χ0) is 21.2. The lowest BCUT2D eigenvalue weighted by Crippen LogP contribution is -2.48. The number of amides is 1. The standard InChI is InChI=1S/C15H22F3NO7S/c1-6-24-12(20)11-9(2)19(13(21)25-14(3,4)5)8-7-10(11)26-27(22,23)15(16,17)18/h9H,6-8H2,1-5H3. The average molecular weight is 417 g/mol. The van der Waals surface area contributed by atoms with E-state index in [1.54, 1.807) is 20.8 Å². The Morgan fingerprint density at radius 1 is 1.22 bits per heavy atom. The molecule has 27 heavy (non-hydrogen) atoms. The molecule has 0 aliphatic carbocycles. The van der Waals surface area contributed by atoms with Gasteiger partial charge in [-0.2, -0.15) is 21.6 Å². The molecule has 1 amide bonds. The highest BCUT2D eigenvalue weighted by molar-refractivity contribution is 7.87. The van der Waals surface area contributed by atoms with Gasteiger partial charge in [-0.05, 0) is 34.6 Å². The van der Waals surface area contributed by atoms with Gasteiger partial charge in [0.25, 0.3) is 0 Å². The zero-order valence-electron chi connectivity index (χ0n) is 15.5. The number of ether oxygens (including phenoxy) is 2. The normalized spacial score (nSPS) is 19.0. The van der Waals surface area contributed by atoms with E-state index in [-0.39, 0.29) is 13.2 Å². The molecule has 0 spiro atoms. The van der Waals surface area contributed by atoms with E-state index in [1.165, 1.54) is 13.8 Å². The summed E-state index contributed by atoms with van der Waals surface area (Å²) < 4.78 is 74.6. The van der Waals surface area contributed by atoms with Crippen LogP contribution in [-0.4, -0.2) is 55.7 Å². The first-order chi connectivity index (χ1) is 12.1. The third-order valence-electron chi connectivity index (χ3n) is 3.38. The number of hydrogen-bond donors (Lipinski definition) is 0. The molecule has 0 saturated heterocycles. The molecular formula is C15H22F3NO7S. The topological polar surface area (TPSA) is 99.2 Å². The van der Waals surface area contributed by atoms with E-state index in [0.717, 1.165) is 4.90 Å². The molecular weight excluding hydrogens is 395 g/mol. The van der Waals surface area contributed by atoms with Crippen LogP contribution in [0.3, 0.4) is 0 Å². The number of alkyl halides is 3. The highest BCUT2D eigenvalue weighted by Crippen LogP contribution is 2.33. The number of hydrogen-bond acceptors (Lipinski definition) is 7. The van der Waals surface area contributed by atoms with Crippen LogP contribution in [0.5, 0.6) is 0 Å². The van der Waals surface area contributed by atoms with Crippen LogP contribution in [0.15, 0.2) is 11.3 Å². The molecule has 0 aromatic heterocycles. The Morgan fingerprint density at radius 3 is 2.22 bits per heavy atom. The first kappa shape index (κ1) is 23.1. The van der Waals surface area contributed by atoms with Gasteiger partial charge in [0.2, 0.25) is 0 Å². The molecule has 0 N–H and O–H groups in total. The number of nitrogens with zero attached hydrogens (tertiary/aromatic N) is 1. The van der Waals surface area contributed by atoms with Gasteiger partial charge in [-0.1, -0.05) is 0 Å². The van der Waals surface area contributed by atoms with Crippen LogP contribution in [0.4, 0.5) is 18.0 Å². The summed E-state index contributed by atoms with van der Waals surface area (Å²) in [7, 11) is -5.97. The third kappa shape index (κ3) is 5.75. The van der Waals surface area contributed by atoms with Crippen molar-refractivity contribution >= 4 is 22.2 Å². The minimum absolute atomic E-state index is 0.110. The predicted octanol–water partition coefficient (Wildman–Crippen LogP) is 2.70. The van der Waals surface area contributed by atoms with Crippen LogP contribution in [0.25, 0.3) is 0 Å². The van der Waals surface area contributed by atoms with Crippen LogP contribution in [0, 0.1) is 0 Å². The molecule has 12 heteroatoms. The second-order valence-electron chi connectivity index (χ2n) is 6.64. The number of esters is 1. The summed E-state index contributed by atoms with van der Waals surface area (Å²) in [5, 5.41) is 0. The predicted molar refractivity (Wildman–Crippen MR) is 86.7 cm³/mol. The molecule has 8 nitrogen and oxygen atoms in total. The molecule has 0 fully saturated rings. The molecule has 1 atom stereocenters. The van der Waals surface area contributed by atoms with Crippen molar-refractivity contribution < 1.29 is 44.8 Å². The van der Waals surface area contributed by atoms with E-state index in [4.69, 9.17) is 9.47 Å². The second-order valence-corrected chi connectivity index (χ2v) is 8.18. The maximum Gasteiger partial charge on any atom is 0.534 e. The average Bonchev–Trinajstić information content (AvgIpc) is 2.43. The summed E-state index contributed by atoms with van der Waals surface area (Å²) in [6.45, 7) is 7.33. The van der Waals surface area contributed by atoms with Gasteiger partial charge in [-0.25, -0.2) is 9.59 Å². The summed E-state index contributed by atoms with van der Waals surface area (Å²) >= 11 is 0. The molecule has 0 aromatic carbocycles. The van der Waals surface area contributed by atoms with Gasteiger partial charge < -0.3 is 18.6 Å². The van der Waals surface area contributed by atoms with E-state index < -0.39 is 57.1 Å². The van der Waals surface area contributed by atoms with E-state index in [9.17, 15) is 31.2 Å². The minimum atomic E-state index is -5.97. The van der Waals surface area contributed by atoms with Gasteiger partial charge >= 0.3 is 27.7 Å². The maximum absolute atomic E-state index is 12.6. The minimum Gasteiger partial charge on any atom is -0.462 e. The van der Waals surface area contributed by atoms with Crippen LogP contribution in [0.2, 0.25) is 0 Å². The molecule has 0 aromatic rings. The van der Waals surface area contributed by atoms with E-state index in [1.807, 2.05) is 0 Å². The lowest BCUT2D eigenvalue weighted by molar-refractivity contribution is -0.139. The van der Waals surface area contributed by atoms with Crippen molar-refractivity contribution in [2.45, 2.75) is 58.2 Å². The molecule has 1 aliphatic heterocycles. The van der Waals surface area contributed by atoms with Gasteiger partial charge in [-0.15, -0.1) is 0 Å². The van der Waals surface area contributed by atoms with Gasteiger partial charge in [-0.3, -0.25) is 0 Å². The van der Waals surface area contributed by atoms with Gasteiger partial charge in [0, 0.05) is 13.0 Å². The summed E-state index contributed by atoms with van der Waals surface area (Å²) in [5.41, 5.74) is -6.99. The Morgan fingerprint density at radius 2 is 1.78 bits per heavy atom. The SMILES string of the molecule is CCOC(=O)C1=C(OS(=O)(=O)C(F)(F)F)CCN(C(=O)OC(C)(C)C)C1C. The highest BCUT2D eigenvalue weighted by Gasteiger charge is 2.50. The van der Waals surface area contributed by atoms with Crippen LogP contribution in [-0.2, 0) is 28.6 Å². The molecule has 1 rings (SSSR count). The summed E-state index contributed by atoms with van der Waals surface area (Å²) in [6, 6.07) is -1.12. The quantitative estimate of drug-likeness (QED) is 0.394. The van der Waals surface area contributed by atoms with Crippen molar-refractivity contribution in [1.82, 2.24) is 4.90 Å². The Kier molecular flexibility index (Phi) is 6.79. The van der Waals surface area contributed by atoms with Crippen LogP contribution in [0.1, 0.15) is 41.0 Å². The Balaban J connectivity index is 3.29. The fourth-order valence-electron chi connectivity index (χ4n) is 2.27. The molecule has 0 bridgehead atoms. The largest absolute Gasteiger partial charge is 0.534 e. The Labute approximate surface area is 155 Å². The third-order valence-corrected chi connectivity index (χ3v) is 4.37. The van der Waals surface area contributed by atoms with Gasteiger partial charge in [0.05, 0.1) is 18.2 Å². The van der Waals surface area contributed by atoms with Crippen molar-refractivity contribution in [1.29, 1.82) is 0 Å². The molecule has 0 saturated carbocycles. The molecule has 1 heterocycles. The number of carbonyl (C=O) groups is 2. The number of halogens is 3. The maximum atomic E-state index is 12.6. The number of rotatable bonds is 4. The van der Waals surface area contributed by atoms with E-state index in [2.05, 4.69) is 4.18 Å². The van der Waals surface area contributed by atoms with Crippen molar-refractivity contribution in [3.63, 3.8) is 0 Å². The monoisotopic (exact) mass is 417 g/mol. The fraction of sp³-hybridized carbons (Fsp3) is 0.733. The Bertz CT molecular complexity index is 723. The van der Waals surface area contributed by atoms with Gasteiger partial charge in [0.15, 0.2) is 0 Å². The summed E-state index contributed by atoms with van der Waals surface area (Å²) in [6.07, 6.45) is -1.25. The Hall–Kier alpha value is -1.98. The summed E-state index contributed by atoms with van der Waals surface area (Å²) in [5.74, 6) is -1.79. The van der Waals surface area contributed by atoms with E-state index >= 15 is 0 Å². The lowest BCUT2D eigenvalue weighted by Gasteiger charge is -2.36. The fourth-order valence-corrected chi connectivity index (χ4v) is 2.80. The first-order valence-corrected chi connectivity index (χ1v) is 9.42. The first-order valence-electron chi connectivity index (χ1n) is 8.01. The van der Waals surface area contributed by atoms with Crippen molar-refractivity contribution in [2.24, 2.45) is 0 Å². The second kappa shape index (κ2) is 7.95. The van der Waals surface area contributed by atoms with Gasteiger partial charge in [0.1, 0.15) is 11.4 Å². The molecule has 156 valence electrons. The highest BCUT2D eigenvalue weighted by atomic mass is 32.2. The van der Waals surface area contributed by atoms with Crippen molar-refractivity contribution in [2.75, 3.05) is 13.2 Å². The molecule has 1 unspecified atom stereocenters. The number of carbonyl (C=O) groups excluding carboxylic acids is 2. The summed E-state index contributed by atoms with van der Waals surface area (Å²) in [4.78, 5) is 25.6. The van der Waals surface area contributed by atoms with Crippen molar-refractivity contribution in [3.05, 3.63) is 11.3 Å². The van der Waals surface area contributed by atoms with Crippen molar-refractivity contribution in [3.8, 4) is 0 Å². The molecule has 1 aliphatic rings. The van der Waals surface area contributed by atoms with E-state index in [0.29, 0.717) is 0 Å². The smallest absolute Gasteiger partial charge is 0.462 e.